The van der Waals surface area contributed by atoms with Crippen molar-refractivity contribution in [2.45, 2.75) is 19.9 Å². The van der Waals surface area contributed by atoms with Crippen LogP contribution in [0.5, 0.6) is 0 Å². The summed E-state index contributed by atoms with van der Waals surface area (Å²) in [6.45, 7) is 5.45. The number of likely N-dealkylation sites (N-methyl/N-ethyl adjacent to an activating group) is 1. The molecule has 70 valence electrons. The van der Waals surface area contributed by atoms with Gasteiger partial charge in [-0.3, -0.25) is 0 Å². The van der Waals surface area contributed by atoms with Crippen molar-refractivity contribution < 1.29 is 0 Å². The van der Waals surface area contributed by atoms with E-state index in [1.807, 2.05) is 0 Å². The van der Waals surface area contributed by atoms with Crippen LogP contribution in [0, 0.1) is 6.92 Å². The van der Waals surface area contributed by atoms with Crippen LogP contribution in [0.2, 0.25) is 0 Å². The van der Waals surface area contributed by atoms with Gasteiger partial charge in [0.05, 0.1) is 11.4 Å². The molecule has 1 N–H and O–H groups in total. The van der Waals surface area contributed by atoms with Crippen LogP contribution in [-0.4, -0.2) is 19.6 Å². The van der Waals surface area contributed by atoms with Crippen molar-refractivity contribution in [3.05, 3.63) is 23.8 Å². The molecule has 1 aliphatic rings. The number of hydrogen-bond donors (Lipinski definition) is 1. The smallest absolute Gasteiger partial charge is 0.0629 e. The van der Waals surface area contributed by atoms with E-state index in [1.165, 1.54) is 16.9 Å². The third kappa shape index (κ3) is 1.37. The Hall–Kier alpha value is -1.18. The summed E-state index contributed by atoms with van der Waals surface area (Å²) >= 11 is 0. The second kappa shape index (κ2) is 2.95. The van der Waals surface area contributed by atoms with Gasteiger partial charge in [0.15, 0.2) is 0 Å². The standard InChI is InChI=1S/C11H16N2/c1-8-5-4-6-10-11(8)13(3)7-9(2)12-10/h4-6,9,12H,7H2,1-3H3. The fourth-order valence-electron chi connectivity index (χ4n) is 2.10. The SMILES string of the molecule is Cc1cccc2c1N(C)CC(C)N2. The number of fused-ring (bicyclic) bond motifs is 1. The van der Waals surface area contributed by atoms with Gasteiger partial charge in [0.1, 0.15) is 0 Å². The maximum atomic E-state index is 3.49. The first kappa shape index (κ1) is 8.42. The molecule has 0 saturated carbocycles. The van der Waals surface area contributed by atoms with E-state index in [2.05, 4.69) is 49.3 Å². The van der Waals surface area contributed by atoms with Gasteiger partial charge in [-0.2, -0.15) is 0 Å². The Bertz CT molecular complexity index is 320. The topological polar surface area (TPSA) is 15.3 Å². The lowest BCUT2D eigenvalue weighted by atomic mass is 10.1. The van der Waals surface area contributed by atoms with E-state index in [0.29, 0.717) is 6.04 Å². The molecule has 13 heavy (non-hydrogen) atoms. The fourth-order valence-corrected chi connectivity index (χ4v) is 2.10. The summed E-state index contributed by atoms with van der Waals surface area (Å²) in [6.07, 6.45) is 0. The van der Waals surface area contributed by atoms with E-state index >= 15 is 0 Å². The van der Waals surface area contributed by atoms with Gasteiger partial charge < -0.3 is 10.2 Å². The Kier molecular flexibility index (Phi) is 1.91. The van der Waals surface area contributed by atoms with Crippen molar-refractivity contribution in [3.8, 4) is 0 Å². The molecule has 0 spiro atoms. The number of rotatable bonds is 0. The number of anilines is 2. The van der Waals surface area contributed by atoms with Crippen molar-refractivity contribution in [1.82, 2.24) is 0 Å². The van der Waals surface area contributed by atoms with Gasteiger partial charge in [-0.15, -0.1) is 0 Å². The van der Waals surface area contributed by atoms with Crippen LogP contribution in [0.3, 0.4) is 0 Å². The van der Waals surface area contributed by atoms with E-state index in [1.54, 1.807) is 0 Å². The first-order chi connectivity index (χ1) is 6.18. The third-order valence-corrected chi connectivity index (χ3v) is 2.57. The monoisotopic (exact) mass is 176 g/mol. The Morgan fingerprint density at radius 1 is 1.46 bits per heavy atom. The third-order valence-electron chi connectivity index (χ3n) is 2.57. The highest BCUT2D eigenvalue weighted by molar-refractivity contribution is 5.75. The average molecular weight is 176 g/mol. The molecule has 0 saturated heterocycles. The molecule has 1 atom stereocenters. The molecule has 2 rings (SSSR count). The molecule has 0 radical (unpaired) electrons. The van der Waals surface area contributed by atoms with Crippen molar-refractivity contribution in [2.24, 2.45) is 0 Å². The second-order valence-corrected chi connectivity index (χ2v) is 3.90. The molecule has 1 aromatic rings. The van der Waals surface area contributed by atoms with E-state index in [0.717, 1.165) is 6.54 Å². The van der Waals surface area contributed by atoms with Crippen LogP contribution >= 0.6 is 0 Å². The number of nitrogens with zero attached hydrogens (tertiary/aromatic N) is 1. The molecule has 0 aromatic heterocycles. The lowest BCUT2D eigenvalue weighted by Gasteiger charge is -2.34. The first-order valence-electron chi connectivity index (χ1n) is 4.76. The Morgan fingerprint density at radius 3 is 3.00 bits per heavy atom. The van der Waals surface area contributed by atoms with Gasteiger partial charge in [0, 0.05) is 19.6 Å². The van der Waals surface area contributed by atoms with Gasteiger partial charge in [0.2, 0.25) is 0 Å². The van der Waals surface area contributed by atoms with Crippen LogP contribution in [0.4, 0.5) is 11.4 Å². The van der Waals surface area contributed by atoms with Crippen molar-refractivity contribution >= 4 is 11.4 Å². The van der Waals surface area contributed by atoms with E-state index in [4.69, 9.17) is 0 Å². The zero-order chi connectivity index (χ0) is 9.42. The molecule has 2 nitrogen and oxygen atoms in total. The van der Waals surface area contributed by atoms with E-state index in [9.17, 15) is 0 Å². The highest BCUT2D eigenvalue weighted by Gasteiger charge is 2.18. The predicted octanol–water partition coefficient (Wildman–Crippen LogP) is 2.25. The molecular formula is C11H16N2. The minimum Gasteiger partial charge on any atom is -0.379 e. The number of benzene rings is 1. The maximum Gasteiger partial charge on any atom is 0.0629 e. The molecule has 0 aliphatic carbocycles. The highest BCUT2D eigenvalue weighted by atomic mass is 15.2. The van der Waals surface area contributed by atoms with Gasteiger partial charge in [-0.25, -0.2) is 0 Å². The molecule has 0 bridgehead atoms. The number of aryl methyl sites for hydroxylation is 1. The molecule has 0 fully saturated rings. The van der Waals surface area contributed by atoms with Crippen LogP contribution in [0.15, 0.2) is 18.2 Å². The minimum absolute atomic E-state index is 0.541. The Balaban J connectivity index is 2.49. The molecule has 0 amide bonds. The minimum atomic E-state index is 0.541. The van der Waals surface area contributed by atoms with Gasteiger partial charge in [-0.1, -0.05) is 12.1 Å². The molecule has 1 heterocycles. The molecule has 1 aromatic carbocycles. The predicted molar refractivity (Wildman–Crippen MR) is 57.5 cm³/mol. The first-order valence-corrected chi connectivity index (χ1v) is 4.76. The lowest BCUT2D eigenvalue weighted by Crippen LogP contribution is -2.37. The normalized spacial score (nSPS) is 20.8. The largest absolute Gasteiger partial charge is 0.379 e. The van der Waals surface area contributed by atoms with Crippen molar-refractivity contribution in [2.75, 3.05) is 23.8 Å². The second-order valence-electron chi connectivity index (χ2n) is 3.90. The van der Waals surface area contributed by atoms with E-state index < -0.39 is 0 Å². The highest BCUT2D eigenvalue weighted by Crippen LogP contribution is 2.32. The zero-order valence-electron chi connectivity index (χ0n) is 8.46. The maximum absolute atomic E-state index is 3.49. The van der Waals surface area contributed by atoms with Crippen molar-refractivity contribution in [3.63, 3.8) is 0 Å². The summed E-state index contributed by atoms with van der Waals surface area (Å²) in [5.41, 5.74) is 3.96. The zero-order valence-corrected chi connectivity index (χ0v) is 8.46. The van der Waals surface area contributed by atoms with Crippen LogP contribution in [0.1, 0.15) is 12.5 Å². The Labute approximate surface area is 79.6 Å². The van der Waals surface area contributed by atoms with Gasteiger partial charge in [-0.05, 0) is 25.5 Å². The van der Waals surface area contributed by atoms with Crippen molar-refractivity contribution in [1.29, 1.82) is 0 Å². The van der Waals surface area contributed by atoms with Gasteiger partial charge in [0.25, 0.3) is 0 Å². The quantitative estimate of drug-likeness (QED) is 0.652. The van der Waals surface area contributed by atoms with Crippen LogP contribution in [0.25, 0.3) is 0 Å². The average Bonchev–Trinajstić information content (AvgIpc) is 2.02. The summed E-state index contributed by atoms with van der Waals surface area (Å²) < 4.78 is 0. The van der Waals surface area contributed by atoms with Crippen LogP contribution in [-0.2, 0) is 0 Å². The lowest BCUT2D eigenvalue weighted by molar-refractivity contribution is 0.736. The molecule has 1 aliphatic heterocycles. The van der Waals surface area contributed by atoms with E-state index in [-0.39, 0.29) is 0 Å². The number of nitrogens with one attached hydrogen (secondary N) is 1. The van der Waals surface area contributed by atoms with Gasteiger partial charge >= 0.3 is 0 Å². The van der Waals surface area contributed by atoms with Crippen LogP contribution < -0.4 is 10.2 Å². The summed E-state index contributed by atoms with van der Waals surface area (Å²) in [5.74, 6) is 0. The number of para-hydroxylation sites is 1. The molecule has 1 unspecified atom stereocenters. The molecule has 2 heteroatoms. The summed E-state index contributed by atoms with van der Waals surface area (Å²) in [7, 11) is 2.16. The summed E-state index contributed by atoms with van der Waals surface area (Å²) in [6, 6.07) is 6.95. The summed E-state index contributed by atoms with van der Waals surface area (Å²) in [5, 5.41) is 3.49. The fraction of sp³-hybridized carbons (Fsp3) is 0.455. The summed E-state index contributed by atoms with van der Waals surface area (Å²) in [4.78, 5) is 2.33. The number of hydrogen-bond acceptors (Lipinski definition) is 2. The Morgan fingerprint density at radius 2 is 2.23 bits per heavy atom. The molecular weight excluding hydrogens is 160 g/mol.